The van der Waals surface area contributed by atoms with Gasteiger partial charge in [-0.25, -0.2) is 0 Å². The Morgan fingerprint density at radius 1 is 1.24 bits per heavy atom. The highest BCUT2D eigenvalue weighted by Gasteiger charge is 2.26. The number of aryl methyl sites for hydroxylation is 1. The Morgan fingerprint density at radius 2 is 2.00 bits per heavy atom. The molecular weight excluding hydrogens is 260 g/mol. The van der Waals surface area contributed by atoms with E-state index in [1.165, 1.54) is 44.1 Å². The number of nitrogens with zero attached hydrogens (tertiary/aromatic N) is 1. The SMILES string of the molecule is Cc1oc(CNC2CC2)cc1CN(C)C1CCCCC1C. The van der Waals surface area contributed by atoms with Gasteiger partial charge in [-0.15, -0.1) is 0 Å². The molecule has 1 heterocycles. The van der Waals surface area contributed by atoms with Gasteiger partial charge in [0.2, 0.25) is 0 Å². The Kier molecular flexibility index (Phi) is 4.70. The minimum Gasteiger partial charge on any atom is -0.465 e. The van der Waals surface area contributed by atoms with Crippen molar-refractivity contribution in [1.82, 2.24) is 10.2 Å². The number of nitrogens with one attached hydrogen (secondary N) is 1. The van der Waals surface area contributed by atoms with Crippen molar-refractivity contribution in [2.45, 2.75) is 77.5 Å². The molecule has 2 saturated carbocycles. The van der Waals surface area contributed by atoms with Gasteiger partial charge >= 0.3 is 0 Å². The third-order valence-electron chi connectivity index (χ3n) is 5.27. The molecule has 1 aromatic heterocycles. The molecule has 0 amide bonds. The number of rotatable bonds is 6. The predicted molar refractivity (Wildman–Crippen MR) is 86.2 cm³/mol. The highest BCUT2D eigenvalue weighted by Crippen LogP contribution is 2.29. The van der Waals surface area contributed by atoms with Gasteiger partial charge in [-0.1, -0.05) is 19.8 Å². The van der Waals surface area contributed by atoms with Gasteiger partial charge in [0.15, 0.2) is 0 Å². The Bertz CT molecular complexity index is 464. The van der Waals surface area contributed by atoms with Crippen molar-refractivity contribution >= 4 is 0 Å². The third-order valence-corrected chi connectivity index (χ3v) is 5.27. The van der Waals surface area contributed by atoms with E-state index < -0.39 is 0 Å². The minimum absolute atomic E-state index is 0.737. The zero-order chi connectivity index (χ0) is 14.8. The Morgan fingerprint density at radius 3 is 2.71 bits per heavy atom. The summed E-state index contributed by atoms with van der Waals surface area (Å²) >= 11 is 0. The Labute approximate surface area is 129 Å². The minimum atomic E-state index is 0.737. The van der Waals surface area contributed by atoms with E-state index in [0.29, 0.717) is 0 Å². The van der Waals surface area contributed by atoms with Crippen LogP contribution in [0.4, 0.5) is 0 Å². The molecule has 3 rings (SSSR count). The van der Waals surface area contributed by atoms with Gasteiger partial charge in [0.05, 0.1) is 6.54 Å². The van der Waals surface area contributed by atoms with Crippen molar-refractivity contribution in [2.75, 3.05) is 7.05 Å². The molecule has 3 heteroatoms. The smallest absolute Gasteiger partial charge is 0.118 e. The summed E-state index contributed by atoms with van der Waals surface area (Å²) in [5.41, 5.74) is 1.36. The first-order chi connectivity index (χ1) is 10.1. The lowest BCUT2D eigenvalue weighted by atomic mass is 9.85. The van der Waals surface area contributed by atoms with E-state index in [-0.39, 0.29) is 0 Å². The van der Waals surface area contributed by atoms with Crippen molar-refractivity contribution in [3.8, 4) is 0 Å². The van der Waals surface area contributed by atoms with Gasteiger partial charge in [-0.3, -0.25) is 4.90 Å². The van der Waals surface area contributed by atoms with Crippen molar-refractivity contribution in [2.24, 2.45) is 5.92 Å². The van der Waals surface area contributed by atoms with Crippen molar-refractivity contribution in [1.29, 1.82) is 0 Å². The molecule has 3 nitrogen and oxygen atoms in total. The van der Waals surface area contributed by atoms with Gasteiger partial charge in [-0.05, 0) is 51.6 Å². The van der Waals surface area contributed by atoms with E-state index in [0.717, 1.165) is 42.6 Å². The highest BCUT2D eigenvalue weighted by atomic mass is 16.3. The topological polar surface area (TPSA) is 28.4 Å². The highest BCUT2D eigenvalue weighted by molar-refractivity contribution is 5.21. The molecular formula is C18H30N2O. The van der Waals surface area contributed by atoms with Crippen LogP contribution in [0.15, 0.2) is 10.5 Å². The number of hydrogen-bond donors (Lipinski definition) is 1. The summed E-state index contributed by atoms with van der Waals surface area (Å²) in [6, 6.07) is 3.74. The zero-order valence-electron chi connectivity index (χ0n) is 13.8. The first kappa shape index (κ1) is 15.1. The third kappa shape index (κ3) is 3.89. The molecule has 2 atom stereocenters. The molecule has 0 saturated heterocycles. The molecule has 0 aromatic carbocycles. The van der Waals surface area contributed by atoms with Crippen LogP contribution >= 0.6 is 0 Å². The van der Waals surface area contributed by atoms with Crippen LogP contribution < -0.4 is 5.32 Å². The monoisotopic (exact) mass is 290 g/mol. The molecule has 0 radical (unpaired) electrons. The summed E-state index contributed by atoms with van der Waals surface area (Å²) < 4.78 is 5.92. The summed E-state index contributed by atoms with van der Waals surface area (Å²) in [5, 5.41) is 3.53. The molecule has 1 N–H and O–H groups in total. The van der Waals surface area contributed by atoms with Crippen LogP contribution in [0.3, 0.4) is 0 Å². The van der Waals surface area contributed by atoms with Crippen molar-refractivity contribution < 1.29 is 4.42 Å². The molecule has 0 bridgehead atoms. The zero-order valence-corrected chi connectivity index (χ0v) is 13.8. The molecule has 21 heavy (non-hydrogen) atoms. The summed E-state index contributed by atoms with van der Waals surface area (Å²) in [6.07, 6.45) is 8.19. The Hall–Kier alpha value is -0.800. The molecule has 2 aliphatic carbocycles. The van der Waals surface area contributed by atoms with E-state index in [2.05, 4.69) is 37.2 Å². The maximum Gasteiger partial charge on any atom is 0.118 e. The fourth-order valence-electron chi connectivity index (χ4n) is 3.70. The second kappa shape index (κ2) is 6.53. The second-order valence-electron chi connectivity index (χ2n) is 7.19. The number of furan rings is 1. The number of hydrogen-bond acceptors (Lipinski definition) is 3. The van der Waals surface area contributed by atoms with Crippen LogP contribution in [0, 0.1) is 12.8 Å². The van der Waals surface area contributed by atoms with E-state index in [9.17, 15) is 0 Å². The molecule has 2 aliphatic rings. The lowest BCUT2D eigenvalue weighted by Crippen LogP contribution is -2.38. The fourth-order valence-corrected chi connectivity index (χ4v) is 3.70. The first-order valence-corrected chi connectivity index (χ1v) is 8.65. The van der Waals surface area contributed by atoms with Crippen LogP contribution in [-0.4, -0.2) is 24.0 Å². The summed E-state index contributed by atoms with van der Waals surface area (Å²) in [6.45, 7) is 6.42. The lowest BCUT2D eigenvalue weighted by molar-refractivity contribution is 0.133. The van der Waals surface area contributed by atoms with Crippen LogP contribution in [0.25, 0.3) is 0 Å². The lowest BCUT2D eigenvalue weighted by Gasteiger charge is -2.36. The molecule has 2 unspecified atom stereocenters. The summed E-state index contributed by atoms with van der Waals surface area (Å²) in [4.78, 5) is 2.54. The maximum absolute atomic E-state index is 5.92. The van der Waals surface area contributed by atoms with Crippen LogP contribution in [0.5, 0.6) is 0 Å². The molecule has 118 valence electrons. The largest absolute Gasteiger partial charge is 0.465 e. The van der Waals surface area contributed by atoms with E-state index in [1.807, 2.05) is 0 Å². The van der Waals surface area contributed by atoms with Crippen molar-refractivity contribution in [3.63, 3.8) is 0 Å². The summed E-state index contributed by atoms with van der Waals surface area (Å²) in [5.74, 6) is 3.02. The summed E-state index contributed by atoms with van der Waals surface area (Å²) in [7, 11) is 2.28. The van der Waals surface area contributed by atoms with Gasteiger partial charge in [-0.2, -0.15) is 0 Å². The predicted octanol–water partition coefficient (Wildman–Crippen LogP) is 3.85. The fraction of sp³-hybridized carbons (Fsp3) is 0.778. The van der Waals surface area contributed by atoms with Crippen LogP contribution in [0.2, 0.25) is 0 Å². The van der Waals surface area contributed by atoms with Gasteiger partial charge in [0.1, 0.15) is 11.5 Å². The Balaban J connectivity index is 1.57. The molecule has 2 fully saturated rings. The molecule has 0 spiro atoms. The van der Waals surface area contributed by atoms with E-state index >= 15 is 0 Å². The second-order valence-corrected chi connectivity index (χ2v) is 7.19. The molecule has 0 aliphatic heterocycles. The average Bonchev–Trinajstić information content (AvgIpc) is 3.22. The van der Waals surface area contributed by atoms with Crippen molar-refractivity contribution in [3.05, 3.63) is 23.2 Å². The standard InChI is InChI=1S/C18H30N2O/c1-13-6-4-5-7-18(13)20(3)12-15-10-17(21-14(15)2)11-19-16-8-9-16/h10,13,16,18-19H,4-9,11-12H2,1-3H3. The maximum atomic E-state index is 5.92. The van der Waals surface area contributed by atoms with Crippen LogP contribution in [-0.2, 0) is 13.1 Å². The quantitative estimate of drug-likeness (QED) is 0.862. The average molecular weight is 290 g/mol. The van der Waals surface area contributed by atoms with Gasteiger partial charge < -0.3 is 9.73 Å². The first-order valence-electron chi connectivity index (χ1n) is 8.65. The van der Waals surface area contributed by atoms with Gasteiger partial charge in [0, 0.05) is 24.2 Å². The van der Waals surface area contributed by atoms with Gasteiger partial charge in [0.25, 0.3) is 0 Å². The van der Waals surface area contributed by atoms with E-state index in [1.54, 1.807) is 0 Å². The van der Waals surface area contributed by atoms with Crippen LogP contribution in [0.1, 0.15) is 62.5 Å². The van der Waals surface area contributed by atoms with E-state index in [4.69, 9.17) is 4.42 Å². The normalized spacial score (nSPS) is 26.5. The molecule has 1 aromatic rings.